The molecule has 0 spiro atoms. The minimum atomic E-state index is -3.83. The van der Waals surface area contributed by atoms with Gasteiger partial charge in [-0.3, -0.25) is 4.79 Å². The SMILES string of the molecule is COc1ccc(S(=O)(=O)N[C@H](C)C(=O)N2CCN(c3cc(Cl)ccc3C)CC2)cc1C. The Morgan fingerprint density at radius 1 is 1.06 bits per heavy atom. The molecule has 1 saturated heterocycles. The van der Waals surface area contributed by atoms with E-state index in [4.69, 9.17) is 16.3 Å². The van der Waals surface area contributed by atoms with Crippen LogP contribution in [-0.4, -0.2) is 58.6 Å². The number of aryl methyl sites for hydroxylation is 2. The summed E-state index contributed by atoms with van der Waals surface area (Å²) in [6.07, 6.45) is 0. The van der Waals surface area contributed by atoms with Gasteiger partial charge < -0.3 is 14.5 Å². The highest BCUT2D eigenvalue weighted by atomic mass is 35.5. The van der Waals surface area contributed by atoms with Crippen molar-refractivity contribution in [1.29, 1.82) is 0 Å². The van der Waals surface area contributed by atoms with E-state index in [0.29, 0.717) is 42.5 Å². The molecule has 1 N–H and O–H groups in total. The maximum absolute atomic E-state index is 12.9. The third-order valence-electron chi connectivity index (χ3n) is 5.48. The second-order valence-electron chi connectivity index (χ2n) is 7.72. The van der Waals surface area contributed by atoms with Gasteiger partial charge in [-0.2, -0.15) is 4.72 Å². The molecule has 1 aliphatic rings. The molecule has 168 valence electrons. The zero-order chi connectivity index (χ0) is 22.8. The summed E-state index contributed by atoms with van der Waals surface area (Å²) in [5.41, 5.74) is 2.89. The third kappa shape index (κ3) is 5.31. The zero-order valence-corrected chi connectivity index (χ0v) is 19.8. The van der Waals surface area contributed by atoms with E-state index in [1.165, 1.54) is 19.2 Å². The van der Waals surface area contributed by atoms with Crippen LogP contribution in [-0.2, 0) is 14.8 Å². The fraction of sp³-hybridized carbons (Fsp3) is 0.409. The summed E-state index contributed by atoms with van der Waals surface area (Å²) < 4.78 is 33.2. The van der Waals surface area contributed by atoms with Gasteiger partial charge in [0.05, 0.1) is 18.0 Å². The Kier molecular flexibility index (Phi) is 7.13. The molecule has 1 amide bonds. The Labute approximate surface area is 189 Å². The van der Waals surface area contributed by atoms with Crippen molar-refractivity contribution in [2.24, 2.45) is 0 Å². The summed E-state index contributed by atoms with van der Waals surface area (Å²) in [5.74, 6) is 0.368. The average Bonchev–Trinajstić information content (AvgIpc) is 2.74. The fourth-order valence-corrected chi connectivity index (χ4v) is 5.18. The summed E-state index contributed by atoms with van der Waals surface area (Å²) in [5, 5.41) is 0.677. The molecule has 0 radical (unpaired) electrons. The predicted molar refractivity (Wildman–Crippen MR) is 122 cm³/mol. The number of rotatable bonds is 6. The number of sulfonamides is 1. The lowest BCUT2D eigenvalue weighted by molar-refractivity contribution is -0.132. The molecule has 1 aliphatic heterocycles. The van der Waals surface area contributed by atoms with E-state index < -0.39 is 16.1 Å². The summed E-state index contributed by atoms with van der Waals surface area (Å²) in [4.78, 5) is 16.9. The second kappa shape index (κ2) is 9.46. The molecule has 1 fully saturated rings. The van der Waals surface area contributed by atoms with Gasteiger partial charge in [-0.05, 0) is 62.2 Å². The van der Waals surface area contributed by atoms with Gasteiger partial charge in [-0.25, -0.2) is 8.42 Å². The second-order valence-corrected chi connectivity index (χ2v) is 9.87. The molecule has 3 rings (SSSR count). The van der Waals surface area contributed by atoms with E-state index >= 15 is 0 Å². The zero-order valence-electron chi connectivity index (χ0n) is 18.2. The minimum absolute atomic E-state index is 0.103. The molecule has 0 aliphatic carbocycles. The normalized spacial score (nSPS) is 15.6. The lowest BCUT2D eigenvalue weighted by Crippen LogP contribution is -2.54. The van der Waals surface area contributed by atoms with E-state index in [1.54, 1.807) is 24.8 Å². The first-order chi connectivity index (χ1) is 14.6. The first-order valence-corrected chi connectivity index (χ1v) is 12.0. The van der Waals surface area contributed by atoms with Gasteiger partial charge in [0, 0.05) is 36.9 Å². The van der Waals surface area contributed by atoms with Crippen molar-refractivity contribution in [2.45, 2.75) is 31.7 Å². The number of methoxy groups -OCH3 is 1. The topological polar surface area (TPSA) is 78.9 Å². The van der Waals surface area contributed by atoms with Gasteiger partial charge in [0.2, 0.25) is 15.9 Å². The molecule has 31 heavy (non-hydrogen) atoms. The Morgan fingerprint density at radius 2 is 1.74 bits per heavy atom. The Balaban J connectivity index is 1.63. The highest BCUT2D eigenvalue weighted by Gasteiger charge is 2.29. The van der Waals surface area contributed by atoms with Crippen LogP contribution < -0.4 is 14.4 Å². The Bertz CT molecular complexity index is 1070. The number of piperazine rings is 1. The highest BCUT2D eigenvalue weighted by molar-refractivity contribution is 7.89. The molecule has 2 aromatic rings. The third-order valence-corrected chi connectivity index (χ3v) is 7.26. The molecule has 2 aromatic carbocycles. The predicted octanol–water partition coefficient (Wildman–Crippen LogP) is 2.98. The number of carbonyl (C=O) groups excluding carboxylic acids is 1. The van der Waals surface area contributed by atoms with Crippen LogP contribution in [0.1, 0.15) is 18.1 Å². The number of nitrogens with one attached hydrogen (secondary N) is 1. The van der Waals surface area contributed by atoms with Crippen LogP contribution in [0.15, 0.2) is 41.3 Å². The number of anilines is 1. The van der Waals surface area contributed by atoms with Crippen LogP contribution in [0, 0.1) is 13.8 Å². The molecule has 0 aromatic heterocycles. The molecule has 7 nitrogen and oxygen atoms in total. The summed E-state index contributed by atoms with van der Waals surface area (Å²) >= 11 is 6.13. The van der Waals surface area contributed by atoms with Gasteiger partial charge in [0.25, 0.3) is 0 Å². The molecule has 1 atom stereocenters. The minimum Gasteiger partial charge on any atom is -0.496 e. The quantitative estimate of drug-likeness (QED) is 0.709. The van der Waals surface area contributed by atoms with Crippen molar-refractivity contribution in [3.05, 3.63) is 52.5 Å². The monoisotopic (exact) mass is 465 g/mol. The van der Waals surface area contributed by atoms with Crippen molar-refractivity contribution >= 4 is 33.2 Å². The van der Waals surface area contributed by atoms with Crippen molar-refractivity contribution < 1.29 is 17.9 Å². The van der Waals surface area contributed by atoms with Gasteiger partial charge in [0.1, 0.15) is 5.75 Å². The largest absolute Gasteiger partial charge is 0.496 e. The molecule has 0 unspecified atom stereocenters. The Hall–Kier alpha value is -2.29. The van der Waals surface area contributed by atoms with Crippen LogP contribution in [0.2, 0.25) is 5.02 Å². The number of ether oxygens (including phenoxy) is 1. The van der Waals surface area contributed by atoms with E-state index in [9.17, 15) is 13.2 Å². The molecular formula is C22H28ClN3O4S. The average molecular weight is 466 g/mol. The molecule has 0 bridgehead atoms. The van der Waals surface area contributed by atoms with Gasteiger partial charge >= 0.3 is 0 Å². The fourth-order valence-electron chi connectivity index (χ4n) is 3.73. The standard InChI is InChI=1S/C22H28ClN3O4S/c1-15-5-6-18(23)14-20(15)25-9-11-26(12-10-25)22(27)17(3)24-31(28,29)19-7-8-21(30-4)16(2)13-19/h5-8,13-14,17,24H,9-12H2,1-4H3/t17-/m1/s1. The van der Waals surface area contributed by atoms with Crippen LogP contribution in [0.25, 0.3) is 0 Å². The molecule has 1 heterocycles. The number of nitrogens with zero attached hydrogens (tertiary/aromatic N) is 2. The van der Waals surface area contributed by atoms with Crippen LogP contribution >= 0.6 is 11.6 Å². The van der Waals surface area contributed by atoms with Crippen LogP contribution in [0.3, 0.4) is 0 Å². The number of halogens is 1. The van der Waals surface area contributed by atoms with Gasteiger partial charge in [0.15, 0.2) is 0 Å². The molecular weight excluding hydrogens is 438 g/mol. The first kappa shape index (κ1) is 23.4. The molecule has 0 saturated carbocycles. The smallest absolute Gasteiger partial charge is 0.241 e. The summed E-state index contributed by atoms with van der Waals surface area (Å²) in [7, 11) is -2.30. The first-order valence-electron chi connectivity index (χ1n) is 10.1. The number of benzene rings is 2. The van der Waals surface area contributed by atoms with E-state index in [1.807, 2.05) is 25.1 Å². The maximum Gasteiger partial charge on any atom is 0.241 e. The van der Waals surface area contributed by atoms with E-state index in [0.717, 1.165) is 11.3 Å². The van der Waals surface area contributed by atoms with Crippen molar-refractivity contribution in [1.82, 2.24) is 9.62 Å². The van der Waals surface area contributed by atoms with E-state index in [2.05, 4.69) is 9.62 Å². The van der Waals surface area contributed by atoms with E-state index in [-0.39, 0.29) is 10.8 Å². The number of carbonyl (C=O) groups is 1. The van der Waals surface area contributed by atoms with Crippen molar-refractivity contribution in [3.8, 4) is 5.75 Å². The van der Waals surface area contributed by atoms with Gasteiger partial charge in [-0.1, -0.05) is 17.7 Å². The lowest BCUT2D eigenvalue weighted by Gasteiger charge is -2.37. The van der Waals surface area contributed by atoms with Crippen molar-refractivity contribution in [2.75, 3.05) is 38.2 Å². The Morgan fingerprint density at radius 3 is 2.35 bits per heavy atom. The maximum atomic E-state index is 12.9. The lowest BCUT2D eigenvalue weighted by atomic mass is 10.1. The highest BCUT2D eigenvalue weighted by Crippen LogP contribution is 2.26. The number of amides is 1. The number of hydrogen-bond acceptors (Lipinski definition) is 5. The number of hydrogen-bond donors (Lipinski definition) is 1. The molecule has 9 heteroatoms. The summed E-state index contributed by atoms with van der Waals surface area (Å²) in [6, 6.07) is 9.51. The van der Waals surface area contributed by atoms with Gasteiger partial charge in [-0.15, -0.1) is 0 Å². The van der Waals surface area contributed by atoms with Crippen molar-refractivity contribution in [3.63, 3.8) is 0 Å². The van der Waals surface area contributed by atoms with Crippen LogP contribution in [0.4, 0.5) is 5.69 Å². The summed E-state index contributed by atoms with van der Waals surface area (Å²) in [6.45, 7) is 7.71. The van der Waals surface area contributed by atoms with Crippen LogP contribution in [0.5, 0.6) is 5.75 Å².